The number of hydrogen-bond donors (Lipinski definition) is 7. The van der Waals surface area contributed by atoms with Gasteiger partial charge >= 0.3 is 11.9 Å². The van der Waals surface area contributed by atoms with Gasteiger partial charge in [-0.25, -0.2) is 4.79 Å². The average Bonchev–Trinajstić information content (AvgIpc) is 2.70. The zero-order chi connectivity index (χ0) is 26.4. The van der Waals surface area contributed by atoms with Gasteiger partial charge < -0.3 is 37.6 Å². The highest BCUT2D eigenvalue weighted by Crippen LogP contribution is 2.09. The summed E-state index contributed by atoms with van der Waals surface area (Å²) in [6.45, 7) is 7.84. The molecule has 0 rings (SSSR count). The van der Waals surface area contributed by atoms with Gasteiger partial charge in [-0.1, -0.05) is 27.7 Å². The summed E-state index contributed by atoms with van der Waals surface area (Å²) in [6, 6.07) is -4.66. The quantitative estimate of drug-likeness (QED) is 0.132. The maximum absolute atomic E-state index is 12.9. The fraction of sp³-hybridized carbons (Fsp3) is 0.773. The largest absolute Gasteiger partial charge is 0.481 e. The molecule has 0 aromatic rings. The van der Waals surface area contributed by atoms with Crippen LogP contribution in [0.4, 0.5) is 0 Å². The van der Waals surface area contributed by atoms with E-state index in [9.17, 15) is 34.2 Å². The number of carboxylic acid groups (broad SMARTS) is 2. The molecule has 3 amide bonds. The van der Waals surface area contributed by atoms with E-state index in [2.05, 4.69) is 16.0 Å². The smallest absolute Gasteiger partial charge is 0.326 e. The van der Waals surface area contributed by atoms with Crippen LogP contribution >= 0.6 is 0 Å². The summed E-state index contributed by atoms with van der Waals surface area (Å²) in [6.07, 6.45) is 0.984. The summed E-state index contributed by atoms with van der Waals surface area (Å²) >= 11 is 0. The molecule has 0 aromatic heterocycles. The molecule has 0 heterocycles. The molecule has 0 fully saturated rings. The van der Waals surface area contributed by atoms with Crippen molar-refractivity contribution in [3.8, 4) is 0 Å². The lowest BCUT2D eigenvalue weighted by Gasteiger charge is -2.25. The van der Waals surface area contributed by atoms with E-state index in [1.54, 1.807) is 0 Å². The zero-order valence-corrected chi connectivity index (χ0v) is 20.5. The lowest BCUT2D eigenvalue weighted by Crippen LogP contribution is -2.57. The SMILES string of the molecule is CC(C)CC(N)C(=O)NC(CC(C)C)C(=O)NC(CC(=O)O)C(=O)NC(CCCCN)C(=O)O. The Bertz CT molecular complexity index is 699. The molecule has 9 N–H and O–H groups in total. The number of hydrogen-bond acceptors (Lipinski definition) is 7. The molecule has 0 bridgehead atoms. The number of amides is 3. The molecular weight excluding hydrogens is 446 g/mol. The highest BCUT2D eigenvalue weighted by Gasteiger charge is 2.31. The van der Waals surface area contributed by atoms with Crippen LogP contribution < -0.4 is 27.4 Å². The Balaban J connectivity index is 5.47. The van der Waals surface area contributed by atoms with Gasteiger partial charge in [0.1, 0.15) is 18.1 Å². The van der Waals surface area contributed by atoms with Gasteiger partial charge in [0.05, 0.1) is 12.5 Å². The second-order valence-electron chi connectivity index (χ2n) is 9.27. The van der Waals surface area contributed by atoms with Crippen LogP contribution in [-0.4, -0.2) is 70.6 Å². The highest BCUT2D eigenvalue weighted by atomic mass is 16.4. The highest BCUT2D eigenvalue weighted by molar-refractivity contribution is 5.95. The zero-order valence-electron chi connectivity index (χ0n) is 20.5. The summed E-state index contributed by atoms with van der Waals surface area (Å²) in [5.41, 5.74) is 11.3. The van der Waals surface area contributed by atoms with Gasteiger partial charge in [-0.2, -0.15) is 0 Å². The first-order chi connectivity index (χ1) is 15.8. The Kier molecular flexibility index (Phi) is 14.7. The second kappa shape index (κ2) is 16.0. The Labute approximate surface area is 200 Å². The summed E-state index contributed by atoms with van der Waals surface area (Å²) in [5, 5.41) is 25.8. The number of carboxylic acids is 2. The standard InChI is InChI=1S/C22H41N5O7/c1-12(2)9-14(24)19(30)26-16(10-13(3)4)20(31)27-17(11-18(28)29)21(32)25-15(22(33)34)7-5-6-8-23/h12-17H,5-11,23-24H2,1-4H3,(H,25,32)(H,26,30)(H,27,31)(H,28,29)(H,33,34). The fourth-order valence-corrected chi connectivity index (χ4v) is 3.28. The number of rotatable bonds is 17. The van der Waals surface area contributed by atoms with Gasteiger partial charge in [-0.15, -0.1) is 0 Å². The third-order valence-electron chi connectivity index (χ3n) is 4.98. The minimum Gasteiger partial charge on any atom is -0.481 e. The maximum Gasteiger partial charge on any atom is 0.326 e. The van der Waals surface area contributed by atoms with Crippen molar-refractivity contribution in [3.63, 3.8) is 0 Å². The van der Waals surface area contributed by atoms with Crippen LogP contribution in [0.3, 0.4) is 0 Å². The molecule has 34 heavy (non-hydrogen) atoms. The summed E-state index contributed by atoms with van der Waals surface area (Å²) < 4.78 is 0. The molecular formula is C22H41N5O7. The average molecular weight is 488 g/mol. The van der Waals surface area contributed by atoms with E-state index in [4.69, 9.17) is 11.5 Å². The Morgan fingerprint density at radius 2 is 1.24 bits per heavy atom. The van der Waals surface area contributed by atoms with Crippen molar-refractivity contribution in [2.24, 2.45) is 23.3 Å². The molecule has 0 aromatic carbocycles. The summed E-state index contributed by atoms with van der Waals surface area (Å²) in [7, 11) is 0. The monoisotopic (exact) mass is 487 g/mol. The van der Waals surface area contributed by atoms with Gasteiger partial charge in [0.25, 0.3) is 0 Å². The second-order valence-corrected chi connectivity index (χ2v) is 9.27. The molecule has 0 aliphatic heterocycles. The van der Waals surface area contributed by atoms with Crippen LogP contribution in [0.25, 0.3) is 0 Å². The molecule has 0 spiro atoms. The lowest BCUT2D eigenvalue weighted by molar-refractivity contribution is -0.143. The van der Waals surface area contributed by atoms with Crippen molar-refractivity contribution >= 4 is 29.7 Å². The van der Waals surface area contributed by atoms with Crippen molar-refractivity contribution in [1.29, 1.82) is 0 Å². The number of unbranched alkanes of at least 4 members (excludes halogenated alkanes) is 1. The fourth-order valence-electron chi connectivity index (χ4n) is 3.28. The minimum absolute atomic E-state index is 0.0111. The summed E-state index contributed by atoms with van der Waals surface area (Å²) in [5.74, 6) is -4.72. The predicted molar refractivity (Wildman–Crippen MR) is 125 cm³/mol. The molecule has 12 heteroatoms. The van der Waals surface area contributed by atoms with Crippen LogP contribution in [0.15, 0.2) is 0 Å². The van der Waals surface area contributed by atoms with Crippen LogP contribution in [0.1, 0.15) is 66.2 Å². The third kappa shape index (κ3) is 13.1. The first-order valence-electron chi connectivity index (χ1n) is 11.6. The topological polar surface area (TPSA) is 214 Å². The normalized spacial score (nSPS) is 14.7. The first kappa shape index (κ1) is 31.3. The van der Waals surface area contributed by atoms with E-state index >= 15 is 0 Å². The predicted octanol–water partition coefficient (Wildman–Crippen LogP) is -0.451. The van der Waals surface area contributed by atoms with Gasteiger partial charge in [0.2, 0.25) is 17.7 Å². The van der Waals surface area contributed by atoms with Crippen molar-refractivity contribution in [3.05, 3.63) is 0 Å². The maximum atomic E-state index is 12.9. The Morgan fingerprint density at radius 3 is 1.71 bits per heavy atom. The molecule has 4 atom stereocenters. The number of aliphatic carboxylic acids is 2. The van der Waals surface area contributed by atoms with E-state index in [1.807, 2.05) is 27.7 Å². The summed E-state index contributed by atoms with van der Waals surface area (Å²) in [4.78, 5) is 60.8. The molecule has 4 unspecified atom stereocenters. The van der Waals surface area contributed by atoms with Crippen molar-refractivity contribution in [1.82, 2.24) is 16.0 Å². The van der Waals surface area contributed by atoms with Crippen LogP contribution in [0.2, 0.25) is 0 Å². The van der Waals surface area contributed by atoms with E-state index < -0.39 is 60.2 Å². The first-order valence-corrected chi connectivity index (χ1v) is 11.6. The molecule has 196 valence electrons. The molecule has 0 aliphatic rings. The molecule has 0 saturated heterocycles. The number of carbonyl (C=O) groups is 5. The van der Waals surface area contributed by atoms with E-state index in [1.165, 1.54) is 0 Å². The van der Waals surface area contributed by atoms with Gasteiger partial charge in [-0.3, -0.25) is 19.2 Å². The van der Waals surface area contributed by atoms with Crippen molar-refractivity contribution < 1.29 is 34.2 Å². The Hall–Kier alpha value is -2.73. The van der Waals surface area contributed by atoms with Crippen molar-refractivity contribution in [2.45, 2.75) is 90.4 Å². The number of nitrogens with two attached hydrogens (primary N) is 2. The molecule has 0 radical (unpaired) electrons. The van der Waals surface area contributed by atoms with Crippen LogP contribution in [0.5, 0.6) is 0 Å². The minimum atomic E-state index is -1.53. The molecule has 0 saturated carbocycles. The molecule has 0 aliphatic carbocycles. The third-order valence-corrected chi connectivity index (χ3v) is 4.98. The van der Waals surface area contributed by atoms with Gasteiger partial charge in [0, 0.05) is 0 Å². The number of nitrogens with one attached hydrogen (secondary N) is 3. The van der Waals surface area contributed by atoms with E-state index in [-0.39, 0.29) is 24.7 Å². The Morgan fingerprint density at radius 1 is 0.735 bits per heavy atom. The lowest BCUT2D eigenvalue weighted by atomic mass is 10.00. The van der Waals surface area contributed by atoms with E-state index in [0.717, 1.165) is 0 Å². The van der Waals surface area contributed by atoms with E-state index in [0.29, 0.717) is 25.8 Å². The van der Waals surface area contributed by atoms with Gasteiger partial charge in [-0.05, 0) is 50.5 Å². The van der Waals surface area contributed by atoms with Gasteiger partial charge in [0.15, 0.2) is 0 Å². The van der Waals surface area contributed by atoms with Crippen LogP contribution in [-0.2, 0) is 24.0 Å². The van der Waals surface area contributed by atoms with Crippen LogP contribution in [0, 0.1) is 11.8 Å². The molecule has 12 nitrogen and oxygen atoms in total. The van der Waals surface area contributed by atoms with Crippen molar-refractivity contribution in [2.75, 3.05) is 6.54 Å². The number of carbonyl (C=O) groups excluding carboxylic acids is 3.